The Labute approximate surface area is 243 Å². The lowest BCUT2D eigenvalue weighted by molar-refractivity contribution is 0.0128. The summed E-state index contributed by atoms with van der Waals surface area (Å²) in [5.41, 5.74) is 1.61. The molecule has 5 rings (SSSR count). The van der Waals surface area contributed by atoms with E-state index in [-0.39, 0.29) is 24.6 Å². The second-order valence-corrected chi connectivity index (χ2v) is 11.3. The zero-order valence-electron chi connectivity index (χ0n) is 23.2. The summed E-state index contributed by atoms with van der Waals surface area (Å²) in [6, 6.07) is 17.3. The third-order valence-electron chi connectivity index (χ3n) is 6.49. The van der Waals surface area contributed by atoms with Crippen LogP contribution in [0.4, 0.5) is 20.7 Å². The van der Waals surface area contributed by atoms with E-state index < -0.39 is 5.60 Å². The summed E-state index contributed by atoms with van der Waals surface area (Å²) in [4.78, 5) is 23.1. The first-order valence-corrected chi connectivity index (χ1v) is 13.8. The first-order chi connectivity index (χ1) is 19.6. The molecular formula is C31H32ClFN4O4. The monoisotopic (exact) mass is 578 g/mol. The summed E-state index contributed by atoms with van der Waals surface area (Å²) in [5.74, 6) is 1.39. The number of nitrogens with zero attached hydrogens (tertiary/aromatic N) is 3. The number of carbonyl (C=O) groups excluding carboxylic acids is 1. The number of nitrogens with one attached hydrogen (secondary N) is 1. The molecule has 0 spiro atoms. The largest absolute Gasteiger partial charge is 0.489 e. The Balaban J connectivity index is 1.27. The van der Waals surface area contributed by atoms with Gasteiger partial charge in [0.25, 0.3) is 0 Å². The van der Waals surface area contributed by atoms with Gasteiger partial charge in [-0.05, 0) is 68.8 Å². The lowest BCUT2D eigenvalue weighted by Crippen LogP contribution is -2.44. The maximum atomic E-state index is 13.5. The molecule has 41 heavy (non-hydrogen) atoms. The fraction of sp³-hybridized carbons (Fsp3) is 0.323. The smallest absolute Gasteiger partial charge is 0.410 e. The number of likely N-dealkylation sites (tertiary alicyclic amines) is 1. The SMILES string of the molecule is CC(C)(C)OC(=O)N1CCC(Oc2cccc3ncnc(Nc4ccc(OCc5cccc(F)c5)c(Cl)c4)c23)CC1. The van der Waals surface area contributed by atoms with E-state index >= 15 is 0 Å². The second-order valence-electron chi connectivity index (χ2n) is 10.8. The number of halogens is 2. The number of fused-ring (bicyclic) bond motifs is 1. The molecule has 1 saturated heterocycles. The van der Waals surface area contributed by atoms with Crippen molar-refractivity contribution in [1.82, 2.24) is 14.9 Å². The van der Waals surface area contributed by atoms with Crippen LogP contribution in [0.2, 0.25) is 5.02 Å². The summed E-state index contributed by atoms with van der Waals surface area (Å²) < 4.78 is 31.2. The molecule has 8 nitrogen and oxygen atoms in total. The average molecular weight is 579 g/mol. The molecule has 0 saturated carbocycles. The molecule has 0 radical (unpaired) electrons. The number of ether oxygens (including phenoxy) is 3. The molecule has 3 aromatic carbocycles. The van der Waals surface area contributed by atoms with E-state index in [1.807, 2.05) is 45.0 Å². The highest BCUT2D eigenvalue weighted by molar-refractivity contribution is 6.32. The molecule has 1 fully saturated rings. The second kappa shape index (κ2) is 12.2. The maximum absolute atomic E-state index is 13.5. The number of hydrogen-bond acceptors (Lipinski definition) is 7. The zero-order valence-corrected chi connectivity index (χ0v) is 24.0. The van der Waals surface area contributed by atoms with Gasteiger partial charge in [-0.15, -0.1) is 0 Å². The Kier molecular flexibility index (Phi) is 8.44. The van der Waals surface area contributed by atoms with Crippen LogP contribution in [0, 0.1) is 5.82 Å². The van der Waals surface area contributed by atoms with Gasteiger partial charge >= 0.3 is 6.09 Å². The van der Waals surface area contributed by atoms with Crippen LogP contribution in [0.15, 0.2) is 67.0 Å². The van der Waals surface area contributed by atoms with Gasteiger partial charge in [0.2, 0.25) is 0 Å². The van der Waals surface area contributed by atoms with Gasteiger partial charge in [-0.1, -0.05) is 29.8 Å². The van der Waals surface area contributed by atoms with Crippen LogP contribution >= 0.6 is 11.6 Å². The van der Waals surface area contributed by atoms with Crippen LogP contribution in [0.5, 0.6) is 11.5 Å². The van der Waals surface area contributed by atoms with Crippen LogP contribution < -0.4 is 14.8 Å². The Bertz CT molecular complexity index is 1530. The summed E-state index contributed by atoms with van der Waals surface area (Å²) in [5, 5.41) is 4.47. The Morgan fingerprint density at radius 2 is 1.83 bits per heavy atom. The number of piperidine rings is 1. The third kappa shape index (κ3) is 7.35. The van der Waals surface area contributed by atoms with Crippen LogP contribution in [-0.4, -0.2) is 45.8 Å². The number of carbonyl (C=O) groups is 1. The number of rotatable bonds is 7. The summed E-state index contributed by atoms with van der Waals surface area (Å²) in [7, 11) is 0. The van der Waals surface area contributed by atoms with Gasteiger partial charge in [-0.2, -0.15) is 0 Å². The van der Waals surface area contributed by atoms with E-state index in [4.69, 9.17) is 25.8 Å². The molecule has 1 aromatic heterocycles. The molecule has 1 aliphatic rings. The van der Waals surface area contributed by atoms with Gasteiger partial charge in [-0.25, -0.2) is 19.2 Å². The van der Waals surface area contributed by atoms with Gasteiger partial charge in [0.1, 0.15) is 47.8 Å². The summed E-state index contributed by atoms with van der Waals surface area (Å²) >= 11 is 6.51. The van der Waals surface area contributed by atoms with E-state index in [0.29, 0.717) is 59.5 Å². The van der Waals surface area contributed by atoms with Gasteiger partial charge in [0.05, 0.1) is 15.9 Å². The minimum atomic E-state index is -0.531. The van der Waals surface area contributed by atoms with Gasteiger partial charge in [-0.3, -0.25) is 0 Å². The van der Waals surface area contributed by atoms with Gasteiger partial charge in [0.15, 0.2) is 0 Å². The predicted molar refractivity (Wildman–Crippen MR) is 156 cm³/mol. The molecule has 1 N–H and O–H groups in total. The lowest BCUT2D eigenvalue weighted by Gasteiger charge is -2.33. The fourth-order valence-corrected chi connectivity index (χ4v) is 4.79. The minimum absolute atomic E-state index is 0.0729. The first-order valence-electron chi connectivity index (χ1n) is 13.5. The molecule has 0 bridgehead atoms. The van der Waals surface area contributed by atoms with E-state index in [1.54, 1.807) is 29.2 Å². The quantitative estimate of drug-likeness (QED) is 0.243. The number of benzene rings is 3. The molecular weight excluding hydrogens is 547 g/mol. The average Bonchev–Trinajstić information content (AvgIpc) is 2.92. The van der Waals surface area contributed by atoms with Gasteiger partial charge in [0, 0.05) is 31.6 Å². The molecule has 10 heteroatoms. The minimum Gasteiger partial charge on any atom is -0.489 e. The highest BCUT2D eigenvalue weighted by Crippen LogP contribution is 2.35. The molecule has 0 unspecified atom stereocenters. The Morgan fingerprint density at radius 1 is 1.05 bits per heavy atom. The van der Waals surface area contributed by atoms with Crippen LogP contribution in [-0.2, 0) is 11.3 Å². The van der Waals surface area contributed by atoms with E-state index in [2.05, 4.69) is 15.3 Å². The zero-order chi connectivity index (χ0) is 29.0. The molecule has 1 aliphatic heterocycles. The van der Waals surface area contributed by atoms with E-state index in [0.717, 1.165) is 10.9 Å². The molecule has 214 valence electrons. The summed E-state index contributed by atoms with van der Waals surface area (Å²) in [6.07, 6.45) is 2.48. The normalized spacial score (nSPS) is 14.1. The molecule has 0 atom stereocenters. The fourth-order valence-electron chi connectivity index (χ4n) is 4.55. The number of hydrogen-bond donors (Lipinski definition) is 1. The van der Waals surface area contributed by atoms with Crippen molar-refractivity contribution >= 4 is 40.1 Å². The van der Waals surface area contributed by atoms with Crippen molar-refractivity contribution in [3.05, 3.63) is 83.4 Å². The third-order valence-corrected chi connectivity index (χ3v) is 6.79. The van der Waals surface area contributed by atoms with Crippen molar-refractivity contribution in [3.63, 3.8) is 0 Å². The predicted octanol–water partition coefficient (Wildman–Crippen LogP) is 7.52. The van der Waals surface area contributed by atoms with Crippen molar-refractivity contribution in [1.29, 1.82) is 0 Å². The van der Waals surface area contributed by atoms with Crippen molar-refractivity contribution in [3.8, 4) is 11.5 Å². The maximum Gasteiger partial charge on any atom is 0.410 e. The number of aromatic nitrogens is 2. The molecule has 2 heterocycles. The topological polar surface area (TPSA) is 85.8 Å². The van der Waals surface area contributed by atoms with Crippen molar-refractivity contribution in [2.75, 3.05) is 18.4 Å². The van der Waals surface area contributed by atoms with E-state index in [9.17, 15) is 9.18 Å². The Hall–Kier alpha value is -4.11. The first kappa shape index (κ1) is 28.4. The number of anilines is 2. The van der Waals surface area contributed by atoms with Crippen LogP contribution in [0.1, 0.15) is 39.2 Å². The number of amides is 1. The molecule has 0 aliphatic carbocycles. The van der Waals surface area contributed by atoms with Crippen LogP contribution in [0.25, 0.3) is 10.9 Å². The molecule has 4 aromatic rings. The highest BCUT2D eigenvalue weighted by Gasteiger charge is 2.28. The van der Waals surface area contributed by atoms with Crippen molar-refractivity contribution < 1.29 is 23.4 Å². The highest BCUT2D eigenvalue weighted by atomic mass is 35.5. The van der Waals surface area contributed by atoms with Crippen LogP contribution in [0.3, 0.4) is 0 Å². The summed E-state index contributed by atoms with van der Waals surface area (Å²) in [6.45, 7) is 6.88. The van der Waals surface area contributed by atoms with Gasteiger partial charge < -0.3 is 24.4 Å². The standard InChI is InChI=1S/C31H32ClFN4O4/c1-31(2,3)41-30(38)37-14-12-23(13-15-37)40-27-9-5-8-25-28(27)29(35-19-34-25)36-22-10-11-26(24(32)17-22)39-18-20-6-4-7-21(33)16-20/h4-11,16-17,19,23H,12-15,18H2,1-3H3,(H,34,35,36). The van der Waals surface area contributed by atoms with Crippen molar-refractivity contribution in [2.45, 2.75) is 51.9 Å². The van der Waals surface area contributed by atoms with E-state index in [1.165, 1.54) is 18.5 Å². The molecule has 1 amide bonds. The Morgan fingerprint density at radius 3 is 2.56 bits per heavy atom. The van der Waals surface area contributed by atoms with Crippen molar-refractivity contribution in [2.24, 2.45) is 0 Å². The lowest BCUT2D eigenvalue weighted by atomic mass is 10.1.